The summed E-state index contributed by atoms with van der Waals surface area (Å²) in [6.07, 6.45) is -4.90. The lowest BCUT2D eigenvalue weighted by molar-refractivity contribution is -0.140. The summed E-state index contributed by atoms with van der Waals surface area (Å²) < 4.78 is 60.7. The summed E-state index contributed by atoms with van der Waals surface area (Å²) in [5.41, 5.74) is -1.62. The Balaban J connectivity index is 3.43. The van der Waals surface area contributed by atoms with E-state index in [2.05, 4.69) is 15.9 Å². The third-order valence-corrected chi connectivity index (χ3v) is 1.99. The van der Waals surface area contributed by atoms with Crippen LogP contribution in [0.15, 0.2) is 16.6 Å². The van der Waals surface area contributed by atoms with Crippen molar-refractivity contribution in [3.8, 4) is 0 Å². The molecule has 1 aromatic carbocycles. The smallest absolute Gasteiger partial charge is 0.204 e. The zero-order valence-corrected chi connectivity index (χ0v) is 7.51. The van der Waals surface area contributed by atoms with Crippen molar-refractivity contribution in [2.75, 3.05) is 0 Å². The maximum Gasteiger partial charge on any atom is 0.420 e. The number of rotatable bonds is 0. The van der Waals surface area contributed by atoms with Crippen molar-refractivity contribution < 1.29 is 22.0 Å². The van der Waals surface area contributed by atoms with Crippen molar-refractivity contribution in [3.63, 3.8) is 0 Å². The Labute approximate surface area is 78.5 Å². The van der Waals surface area contributed by atoms with Crippen molar-refractivity contribution in [3.05, 3.63) is 33.8 Å². The van der Waals surface area contributed by atoms with Crippen LogP contribution >= 0.6 is 15.9 Å². The number of benzene rings is 1. The summed E-state index contributed by atoms with van der Waals surface area (Å²) in [6.45, 7) is 0. The highest BCUT2D eigenvalue weighted by molar-refractivity contribution is 9.10. The molecule has 0 bridgehead atoms. The van der Waals surface area contributed by atoms with Crippen LogP contribution < -0.4 is 0 Å². The van der Waals surface area contributed by atoms with E-state index in [4.69, 9.17) is 0 Å². The van der Waals surface area contributed by atoms with Gasteiger partial charge in [0.1, 0.15) is 5.56 Å². The van der Waals surface area contributed by atoms with Gasteiger partial charge in [0, 0.05) is 4.47 Å². The average molecular weight is 261 g/mol. The van der Waals surface area contributed by atoms with Crippen LogP contribution in [0.2, 0.25) is 0 Å². The highest BCUT2D eigenvalue weighted by Gasteiger charge is 2.37. The lowest BCUT2D eigenvalue weighted by Gasteiger charge is -2.09. The van der Waals surface area contributed by atoms with Crippen LogP contribution in [0.4, 0.5) is 22.0 Å². The molecule has 0 atom stereocenters. The van der Waals surface area contributed by atoms with Gasteiger partial charge < -0.3 is 0 Å². The molecule has 0 saturated heterocycles. The lowest BCUT2D eigenvalue weighted by Crippen LogP contribution is -2.10. The van der Waals surface area contributed by atoms with Gasteiger partial charge in [0.05, 0.1) is 0 Å². The maximum absolute atomic E-state index is 12.6. The highest BCUT2D eigenvalue weighted by Crippen LogP contribution is 2.37. The predicted octanol–water partition coefficient (Wildman–Crippen LogP) is 3.75. The van der Waals surface area contributed by atoms with Gasteiger partial charge in [-0.25, -0.2) is 8.78 Å². The first-order valence-electron chi connectivity index (χ1n) is 3.04. The molecule has 0 radical (unpaired) electrons. The number of halogens is 6. The molecule has 0 aliphatic heterocycles. The van der Waals surface area contributed by atoms with Gasteiger partial charge in [-0.05, 0) is 12.1 Å². The van der Waals surface area contributed by atoms with Gasteiger partial charge in [0.15, 0.2) is 11.6 Å². The second kappa shape index (κ2) is 3.25. The summed E-state index contributed by atoms with van der Waals surface area (Å²) in [6, 6.07) is 1.43. The third kappa shape index (κ3) is 1.99. The third-order valence-electron chi connectivity index (χ3n) is 1.33. The second-order valence-corrected chi connectivity index (χ2v) is 3.07. The Hall–Kier alpha value is -0.650. The molecule has 72 valence electrons. The Morgan fingerprint density at radius 1 is 1.08 bits per heavy atom. The quantitative estimate of drug-likeness (QED) is 0.493. The Morgan fingerprint density at radius 3 is 2.00 bits per heavy atom. The lowest BCUT2D eigenvalue weighted by atomic mass is 10.2. The molecule has 0 amide bonds. The fourth-order valence-electron chi connectivity index (χ4n) is 0.787. The van der Waals surface area contributed by atoms with Gasteiger partial charge >= 0.3 is 6.18 Å². The van der Waals surface area contributed by atoms with Gasteiger partial charge in [-0.15, -0.1) is 0 Å². The maximum atomic E-state index is 12.6. The van der Waals surface area contributed by atoms with Crippen molar-refractivity contribution in [2.45, 2.75) is 6.18 Å². The van der Waals surface area contributed by atoms with Gasteiger partial charge in [0.2, 0.25) is 0 Å². The van der Waals surface area contributed by atoms with Crippen molar-refractivity contribution in [2.24, 2.45) is 0 Å². The zero-order valence-electron chi connectivity index (χ0n) is 5.92. The molecular formula is C7H2BrF5. The highest BCUT2D eigenvalue weighted by atomic mass is 79.9. The molecule has 0 heterocycles. The van der Waals surface area contributed by atoms with Crippen LogP contribution in [0.25, 0.3) is 0 Å². The molecule has 0 aliphatic carbocycles. The van der Waals surface area contributed by atoms with E-state index in [1.807, 2.05) is 0 Å². The first-order valence-corrected chi connectivity index (χ1v) is 3.84. The van der Waals surface area contributed by atoms with Crippen molar-refractivity contribution >= 4 is 15.9 Å². The van der Waals surface area contributed by atoms with Gasteiger partial charge in [-0.1, -0.05) is 15.9 Å². The molecule has 0 nitrogen and oxygen atoms in total. The Bertz CT molecular complexity index is 330. The Kier molecular flexibility index (Phi) is 2.61. The number of hydrogen-bond acceptors (Lipinski definition) is 0. The first kappa shape index (κ1) is 10.4. The minimum Gasteiger partial charge on any atom is -0.204 e. The van der Waals surface area contributed by atoms with Gasteiger partial charge in [-0.3, -0.25) is 0 Å². The van der Waals surface area contributed by atoms with E-state index in [9.17, 15) is 22.0 Å². The van der Waals surface area contributed by atoms with E-state index in [0.717, 1.165) is 6.07 Å². The molecule has 0 saturated carbocycles. The van der Waals surface area contributed by atoms with Crippen LogP contribution in [0.5, 0.6) is 0 Å². The van der Waals surface area contributed by atoms with E-state index in [0.29, 0.717) is 6.07 Å². The normalized spacial score (nSPS) is 11.8. The molecule has 0 unspecified atom stereocenters. The van der Waals surface area contributed by atoms with Crippen LogP contribution in [0, 0.1) is 11.6 Å². The average Bonchev–Trinajstić information content (AvgIpc) is 1.95. The van der Waals surface area contributed by atoms with E-state index >= 15 is 0 Å². The monoisotopic (exact) mass is 260 g/mol. The van der Waals surface area contributed by atoms with Crippen LogP contribution in [-0.4, -0.2) is 0 Å². The van der Waals surface area contributed by atoms with E-state index in [-0.39, 0.29) is 0 Å². The largest absolute Gasteiger partial charge is 0.420 e. The summed E-state index contributed by atoms with van der Waals surface area (Å²) in [4.78, 5) is 0. The summed E-state index contributed by atoms with van der Waals surface area (Å²) in [5, 5.41) is 0. The Morgan fingerprint density at radius 2 is 1.62 bits per heavy atom. The van der Waals surface area contributed by atoms with Crippen molar-refractivity contribution in [1.29, 1.82) is 0 Å². The van der Waals surface area contributed by atoms with Crippen molar-refractivity contribution in [1.82, 2.24) is 0 Å². The fourth-order valence-corrected chi connectivity index (χ4v) is 1.32. The molecular weight excluding hydrogens is 259 g/mol. The topological polar surface area (TPSA) is 0 Å². The minimum absolute atomic E-state index is 0.515. The molecule has 0 N–H and O–H groups in total. The summed E-state index contributed by atoms with van der Waals surface area (Å²) >= 11 is 2.49. The number of alkyl halides is 3. The van der Waals surface area contributed by atoms with E-state index < -0.39 is 27.8 Å². The minimum atomic E-state index is -4.90. The molecule has 6 heteroatoms. The van der Waals surface area contributed by atoms with Crippen LogP contribution in [0.3, 0.4) is 0 Å². The summed E-state index contributed by atoms with van der Waals surface area (Å²) in [5.74, 6) is -3.41. The zero-order chi connectivity index (χ0) is 10.2. The molecule has 0 aliphatic rings. The van der Waals surface area contributed by atoms with Crippen LogP contribution in [-0.2, 0) is 6.18 Å². The molecule has 1 aromatic rings. The molecule has 0 fully saturated rings. The van der Waals surface area contributed by atoms with Gasteiger partial charge in [0.25, 0.3) is 0 Å². The first-order chi connectivity index (χ1) is 5.84. The summed E-state index contributed by atoms with van der Waals surface area (Å²) in [7, 11) is 0. The molecule has 1 rings (SSSR count). The van der Waals surface area contributed by atoms with E-state index in [1.54, 1.807) is 0 Å². The molecule has 13 heavy (non-hydrogen) atoms. The predicted molar refractivity (Wildman–Crippen MR) is 39.1 cm³/mol. The van der Waals surface area contributed by atoms with E-state index in [1.165, 1.54) is 0 Å². The van der Waals surface area contributed by atoms with Gasteiger partial charge in [-0.2, -0.15) is 13.2 Å². The molecule has 0 spiro atoms. The SMILES string of the molecule is Fc1ccc(Br)c(C(F)(F)F)c1F. The molecule has 0 aromatic heterocycles. The van der Waals surface area contributed by atoms with Crippen LogP contribution in [0.1, 0.15) is 5.56 Å². The second-order valence-electron chi connectivity index (χ2n) is 2.22. The fraction of sp³-hybridized carbons (Fsp3) is 0.143. The standard InChI is InChI=1S/C7H2BrF5/c8-3-1-2-4(9)6(10)5(3)7(11,12)13/h1-2H. The number of hydrogen-bond donors (Lipinski definition) is 0.